The maximum absolute atomic E-state index is 6.23. The molecule has 5 aromatic heterocycles. The van der Waals surface area contributed by atoms with Gasteiger partial charge in [-0.05, 0) is 72.8 Å². The molecule has 0 saturated carbocycles. The quantitative estimate of drug-likeness (QED) is 0.179. The van der Waals surface area contributed by atoms with Gasteiger partial charge in [-0.2, -0.15) is 9.97 Å². The van der Waals surface area contributed by atoms with E-state index in [9.17, 15) is 0 Å². The lowest BCUT2D eigenvalue weighted by Gasteiger charge is -2.13. The van der Waals surface area contributed by atoms with Gasteiger partial charge in [-0.3, -0.25) is 4.57 Å². The van der Waals surface area contributed by atoms with E-state index >= 15 is 0 Å². The van der Waals surface area contributed by atoms with Gasteiger partial charge in [0.1, 0.15) is 22.3 Å². The number of nitrogens with zero attached hydrogens (tertiary/aromatic N) is 5. The molecule has 8 aromatic carbocycles. The van der Waals surface area contributed by atoms with Crippen LogP contribution in [0.3, 0.4) is 0 Å². The molecule has 0 atom stereocenters. The highest BCUT2D eigenvalue weighted by molar-refractivity contribution is 6.23. The summed E-state index contributed by atoms with van der Waals surface area (Å²) in [7, 11) is 0. The van der Waals surface area contributed by atoms with Crippen LogP contribution in [-0.2, 0) is 0 Å². The Morgan fingerprint density at radius 2 is 0.776 bits per heavy atom. The molecule has 58 heavy (non-hydrogen) atoms. The Hall–Kier alpha value is -8.03. The van der Waals surface area contributed by atoms with Crippen molar-refractivity contribution in [2.75, 3.05) is 0 Å². The van der Waals surface area contributed by atoms with Crippen molar-refractivity contribution >= 4 is 87.5 Å². The van der Waals surface area contributed by atoms with Crippen LogP contribution < -0.4 is 0 Å². The van der Waals surface area contributed by atoms with Crippen molar-refractivity contribution < 1.29 is 8.83 Å². The highest BCUT2D eigenvalue weighted by Crippen LogP contribution is 2.42. The third kappa shape index (κ3) is 4.41. The van der Waals surface area contributed by atoms with Crippen LogP contribution in [0.5, 0.6) is 0 Å². The first kappa shape index (κ1) is 31.2. The van der Waals surface area contributed by atoms with Gasteiger partial charge in [0.05, 0.1) is 22.1 Å². The molecule has 7 nitrogen and oxygen atoms in total. The van der Waals surface area contributed by atoms with Crippen molar-refractivity contribution in [1.29, 1.82) is 0 Å². The number of benzene rings is 8. The molecule has 0 aliphatic heterocycles. The lowest BCUT2D eigenvalue weighted by atomic mass is 10.1. The van der Waals surface area contributed by atoms with Crippen LogP contribution in [0.4, 0.5) is 0 Å². The largest absolute Gasteiger partial charge is 0.456 e. The summed E-state index contributed by atoms with van der Waals surface area (Å²) in [5, 5.41) is 8.67. The number of hydrogen-bond acceptors (Lipinski definition) is 5. The summed E-state index contributed by atoms with van der Waals surface area (Å²) in [5.74, 6) is 1.65. The Labute approximate surface area is 329 Å². The van der Waals surface area contributed by atoms with E-state index in [0.29, 0.717) is 17.6 Å². The fourth-order valence-corrected chi connectivity index (χ4v) is 9.01. The summed E-state index contributed by atoms with van der Waals surface area (Å²) in [5.41, 5.74) is 10.4. The van der Waals surface area contributed by atoms with Gasteiger partial charge in [0, 0.05) is 59.9 Å². The van der Waals surface area contributed by atoms with Crippen LogP contribution in [0.25, 0.3) is 122 Å². The van der Waals surface area contributed by atoms with Crippen molar-refractivity contribution in [3.05, 3.63) is 176 Å². The molecular weight excluding hydrogens is 715 g/mol. The van der Waals surface area contributed by atoms with Crippen molar-refractivity contribution in [2.45, 2.75) is 0 Å². The first-order chi connectivity index (χ1) is 28.7. The van der Waals surface area contributed by atoms with Gasteiger partial charge < -0.3 is 13.4 Å². The van der Waals surface area contributed by atoms with Gasteiger partial charge >= 0.3 is 0 Å². The molecule has 0 amide bonds. The van der Waals surface area contributed by atoms with Crippen molar-refractivity contribution in [1.82, 2.24) is 24.1 Å². The van der Waals surface area contributed by atoms with Gasteiger partial charge in [-0.15, -0.1) is 0 Å². The van der Waals surface area contributed by atoms with Crippen molar-refractivity contribution in [3.63, 3.8) is 0 Å². The van der Waals surface area contributed by atoms with Crippen LogP contribution in [0.15, 0.2) is 185 Å². The summed E-state index contributed by atoms with van der Waals surface area (Å²) < 4.78 is 17.1. The van der Waals surface area contributed by atoms with Crippen LogP contribution >= 0.6 is 0 Å². The fraction of sp³-hybridized carbons (Fsp3) is 0. The molecule has 0 spiro atoms. The number of hydrogen-bond donors (Lipinski definition) is 0. The van der Waals surface area contributed by atoms with Gasteiger partial charge in [0.2, 0.25) is 5.95 Å². The molecule has 0 aliphatic rings. The average Bonchev–Trinajstić information content (AvgIpc) is 4.04. The number of rotatable bonds is 4. The second kappa shape index (κ2) is 11.7. The van der Waals surface area contributed by atoms with Crippen molar-refractivity contribution in [3.8, 4) is 34.4 Å². The third-order valence-electron chi connectivity index (χ3n) is 11.6. The van der Waals surface area contributed by atoms with Gasteiger partial charge in [0.15, 0.2) is 11.6 Å². The molecule has 13 aromatic rings. The van der Waals surface area contributed by atoms with Crippen LogP contribution in [0.1, 0.15) is 0 Å². The minimum Gasteiger partial charge on any atom is -0.456 e. The zero-order valence-electron chi connectivity index (χ0n) is 30.8. The summed E-state index contributed by atoms with van der Waals surface area (Å²) in [6, 6.07) is 60.9. The minimum atomic E-state index is 0.526. The third-order valence-corrected chi connectivity index (χ3v) is 11.6. The number of furan rings is 2. The molecule has 0 unspecified atom stereocenters. The van der Waals surface area contributed by atoms with E-state index in [0.717, 1.165) is 98.9 Å². The smallest absolute Gasteiger partial charge is 0.238 e. The first-order valence-corrected chi connectivity index (χ1v) is 19.4. The van der Waals surface area contributed by atoms with Crippen LogP contribution in [0, 0.1) is 0 Å². The van der Waals surface area contributed by atoms with Gasteiger partial charge in [0.25, 0.3) is 0 Å². The summed E-state index contributed by atoms with van der Waals surface area (Å²) in [6.07, 6.45) is 0. The van der Waals surface area contributed by atoms with Crippen LogP contribution in [-0.4, -0.2) is 24.1 Å². The SMILES string of the molecule is c1ccc(-n2c3ccccc3c3ccc4c5ccccc5n(-c5nc(-c6ccc7oc8ccccc8c7c6)nc(-c6ccc7oc8ccccc8c7c6)n5)c4c32)cc1. The molecular formula is C51H29N5O2. The fourth-order valence-electron chi connectivity index (χ4n) is 9.01. The Bertz CT molecular complexity index is 3680. The van der Waals surface area contributed by atoms with E-state index in [1.54, 1.807) is 0 Å². The van der Waals surface area contributed by atoms with E-state index in [-0.39, 0.29) is 0 Å². The standard InChI is InChI=1S/C51H29N5O2/c1-2-12-32(13-3-1)55-41-18-8-4-14-33(41)37-24-25-38-34-15-5-9-19-42(34)56(48(38)47(37)55)51-53-49(30-22-26-45-39(28-30)35-16-6-10-20-43(35)57-45)52-50(54-51)31-23-27-46-40(29-31)36-17-7-11-21-44(36)58-46/h1-29H. The Morgan fingerprint density at radius 1 is 0.328 bits per heavy atom. The molecule has 0 fully saturated rings. The second-order valence-corrected chi connectivity index (χ2v) is 14.8. The molecule has 7 heteroatoms. The summed E-state index contributed by atoms with van der Waals surface area (Å²) in [6.45, 7) is 0. The number of fused-ring (bicyclic) bond motifs is 13. The Kier molecular flexibility index (Phi) is 6.32. The predicted octanol–water partition coefficient (Wildman–Crippen LogP) is 13.2. The summed E-state index contributed by atoms with van der Waals surface area (Å²) in [4.78, 5) is 16.0. The number of para-hydroxylation sites is 5. The molecule has 5 heterocycles. The monoisotopic (exact) mass is 743 g/mol. The number of aromatic nitrogens is 5. The maximum Gasteiger partial charge on any atom is 0.238 e. The summed E-state index contributed by atoms with van der Waals surface area (Å²) >= 11 is 0. The van der Waals surface area contributed by atoms with E-state index in [4.69, 9.17) is 23.8 Å². The Morgan fingerprint density at radius 3 is 1.34 bits per heavy atom. The maximum atomic E-state index is 6.23. The van der Waals surface area contributed by atoms with Gasteiger partial charge in [-0.1, -0.05) is 103 Å². The zero-order chi connectivity index (χ0) is 37.9. The lowest BCUT2D eigenvalue weighted by Crippen LogP contribution is -2.07. The van der Waals surface area contributed by atoms with Gasteiger partial charge in [-0.25, -0.2) is 4.98 Å². The Balaban J connectivity index is 1.16. The molecule has 0 radical (unpaired) electrons. The molecule has 0 N–H and O–H groups in total. The van der Waals surface area contributed by atoms with E-state index in [1.165, 1.54) is 5.39 Å². The molecule has 13 rings (SSSR count). The predicted molar refractivity (Wildman–Crippen MR) is 234 cm³/mol. The highest BCUT2D eigenvalue weighted by atomic mass is 16.3. The van der Waals surface area contributed by atoms with E-state index in [2.05, 4.69) is 124 Å². The van der Waals surface area contributed by atoms with Crippen molar-refractivity contribution in [2.24, 2.45) is 0 Å². The second-order valence-electron chi connectivity index (χ2n) is 14.8. The van der Waals surface area contributed by atoms with E-state index < -0.39 is 0 Å². The normalized spacial score (nSPS) is 12.1. The minimum absolute atomic E-state index is 0.526. The zero-order valence-corrected chi connectivity index (χ0v) is 30.8. The van der Waals surface area contributed by atoms with E-state index in [1.807, 2.05) is 60.7 Å². The topological polar surface area (TPSA) is 74.8 Å². The average molecular weight is 744 g/mol. The highest BCUT2D eigenvalue weighted by Gasteiger charge is 2.24. The first-order valence-electron chi connectivity index (χ1n) is 19.4. The lowest BCUT2D eigenvalue weighted by molar-refractivity contribution is 0.668. The van der Waals surface area contributed by atoms with Crippen LogP contribution in [0.2, 0.25) is 0 Å². The molecule has 0 saturated heterocycles. The molecule has 0 aliphatic carbocycles. The molecule has 0 bridgehead atoms. The molecule has 270 valence electrons.